The molecule has 4 nitrogen and oxygen atoms in total. The minimum absolute atomic E-state index is 0.0684. The number of hydrogen-bond donors (Lipinski definition) is 0. The van der Waals surface area contributed by atoms with Gasteiger partial charge in [0.1, 0.15) is 0 Å². The third-order valence-electron chi connectivity index (χ3n) is 15.3. The van der Waals surface area contributed by atoms with Crippen LogP contribution in [0.25, 0.3) is 131 Å². The molecule has 0 radical (unpaired) electrons. The molecule has 4 heteroatoms. The Balaban J connectivity index is 1.15. The Morgan fingerprint density at radius 3 is 1.03 bits per heavy atom. The number of benzene rings is 9. The van der Waals surface area contributed by atoms with Crippen molar-refractivity contribution in [1.29, 1.82) is 0 Å². The van der Waals surface area contributed by atoms with Crippen LogP contribution in [0.3, 0.4) is 0 Å². The number of hydrogen-bond acceptors (Lipinski definition) is 0. The van der Waals surface area contributed by atoms with Gasteiger partial charge in [0.2, 0.25) is 0 Å². The Morgan fingerprint density at radius 2 is 0.636 bits per heavy atom. The zero-order chi connectivity index (χ0) is 44.1. The molecule has 9 aromatic carbocycles. The van der Waals surface area contributed by atoms with Crippen molar-refractivity contribution in [1.82, 2.24) is 17.9 Å². The van der Waals surface area contributed by atoms with E-state index < -0.39 is 0 Å². The van der Waals surface area contributed by atoms with Crippen molar-refractivity contribution in [2.75, 3.05) is 0 Å². The van der Waals surface area contributed by atoms with Crippen molar-refractivity contribution in [2.24, 2.45) is 0 Å². The quantitative estimate of drug-likeness (QED) is 0.165. The molecule has 0 fully saturated rings. The number of nitrogens with zero attached hydrogens (tertiary/aromatic N) is 4. The predicted octanol–water partition coefficient (Wildman–Crippen LogP) is 16.8. The first-order chi connectivity index (χ1) is 32.0. The zero-order valence-corrected chi connectivity index (χ0v) is 38.0. The first-order valence-electron chi connectivity index (χ1n) is 23.4. The van der Waals surface area contributed by atoms with Crippen molar-refractivity contribution in [3.05, 3.63) is 181 Å². The highest BCUT2D eigenvalue weighted by molar-refractivity contribution is 6.40. The molecule has 15 rings (SSSR count). The van der Waals surface area contributed by atoms with Gasteiger partial charge in [-0.3, -0.25) is 0 Å². The van der Waals surface area contributed by atoms with Crippen LogP contribution in [-0.2, 0) is 10.8 Å². The minimum atomic E-state index is 0.0684. The van der Waals surface area contributed by atoms with Crippen LogP contribution in [0, 0.1) is 0 Å². The van der Waals surface area contributed by atoms with Gasteiger partial charge in [-0.2, -0.15) is 0 Å². The molecule has 0 N–H and O–H groups in total. The molecule has 314 valence electrons. The summed E-state index contributed by atoms with van der Waals surface area (Å²) >= 11 is 0. The highest BCUT2D eigenvalue weighted by Gasteiger charge is 2.29. The average molecular weight is 847 g/mol. The number of rotatable bonds is 2. The number of para-hydroxylation sites is 4. The summed E-state index contributed by atoms with van der Waals surface area (Å²) in [5.41, 5.74) is 17.7. The number of aromatic nitrogens is 4. The second-order valence-electron chi connectivity index (χ2n) is 21.0. The lowest BCUT2D eigenvalue weighted by Gasteiger charge is -2.19. The maximum absolute atomic E-state index is 2.58. The predicted molar refractivity (Wildman–Crippen MR) is 282 cm³/mol. The van der Waals surface area contributed by atoms with Gasteiger partial charge in [-0.15, -0.1) is 0 Å². The molecular formula is C62H46N4. The van der Waals surface area contributed by atoms with Crippen LogP contribution in [0.1, 0.15) is 52.7 Å². The van der Waals surface area contributed by atoms with E-state index in [9.17, 15) is 0 Å². The molecule has 66 heavy (non-hydrogen) atoms. The first kappa shape index (κ1) is 36.5. The molecule has 15 aromatic rings. The van der Waals surface area contributed by atoms with Gasteiger partial charge in [0.05, 0.1) is 55.2 Å². The lowest BCUT2D eigenvalue weighted by atomic mass is 9.87. The zero-order valence-electron chi connectivity index (χ0n) is 38.0. The van der Waals surface area contributed by atoms with E-state index in [0.717, 1.165) is 0 Å². The third-order valence-corrected chi connectivity index (χ3v) is 15.3. The molecule has 0 amide bonds. The summed E-state index contributed by atoms with van der Waals surface area (Å²) in [7, 11) is 0. The monoisotopic (exact) mass is 846 g/mol. The molecule has 0 bridgehead atoms. The maximum Gasteiger partial charge on any atom is 0.0628 e. The summed E-state index contributed by atoms with van der Waals surface area (Å²) < 4.78 is 10.2. The van der Waals surface area contributed by atoms with Crippen LogP contribution in [-0.4, -0.2) is 17.9 Å². The van der Waals surface area contributed by atoms with E-state index in [1.165, 1.54) is 142 Å². The van der Waals surface area contributed by atoms with Gasteiger partial charge in [-0.05, 0) is 94.8 Å². The van der Waals surface area contributed by atoms with Gasteiger partial charge in [-0.25, -0.2) is 0 Å². The van der Waals surface area contributed by atoms with E-state index in [2.05, 4.69) is 229 Å². The third kappa shape index (κ3) is 4.44. The normalized spacial score (nSPS) is 13.3. The Hall–Kier alpha value is -7.82. The minimum Gasteiger partial charge on any atom is -0.309 e. The van der Waals surface area contributed by atoms with Gasteiger partial charge in [0, 0.05) is 76.0 Å². The Labute approximate surface area is 380 Å². The van der Waals surface area contributed by atoms with Crippen molar-refractivity contribution >= 4 is 120 Å². The van der Waals surface area contributed by atoms with Crippen LogP contribution < -0.4 is 0 Å². The highest BCUT2D eigenvalue weighted by Crippen LogP contribution is 2.51. The van der Waals surface area contributed by atoms with E-state index in [1.807, 2.05) is 0 Å². The lowest BCUT2D eigenvalue weighted by molar-refractivity contribution is 0.590. The van der Waals surface area contributed by atoms with Gasteiger partial charge >= 0.3 is 0 Å². The number of fused-ring (bicyclic) bond motifs is 20. The van der Waals surface area contributed by atoms with Crippen molar-refractivity contribution in [3.8, 4) is 11.4 Å². The van der Waals surface area contributed by atoms with E-state index in [4.69, 9.17) is 0 Å². The van der Waals surface area contributed by atoms with Gasteiger partial charge in [0.15, 0.2) is 0 Å². The van der Waals surface area contributed by atoms with Crippen LogP contribution in [0.5, 0.6) is 0 Å². The van der Waals surface area contributed by atoms with E-state index in [-0.39, 0.29) is 10.8 Å². The molecule has 0 unspecified atom stereocenters. The summed E-state index contributed by atoms with van der Waals surface area (Å²) in [5, 5.41) is 15.5. The summed E-state index contributed by atoms with van der Waals surface area (Å²) in [6.07, 6.45) is 0. The second-order valence-corrected chi connectivity index (χ2v) is 21.0. The summed E-state index contributed by atoms with van der Waals surface area (Å²) in [4.78, 5) is 0. The molecule has 0 spiro atoms. The fourth-order valence-corrected chi connectivity index (χ4v) is 12.3. The molecule has 0 saturated carbocycles. The standard InChI is InChI=1S/C62H46N4/c1-61(2,3)35-23-27-37(28-24-35)63-49-21-13-9-17-41(49)55-53(63)32-43-39-15-7-11-19-47(39)65-51-34-52-46(31-45(51)57(55)59(43)65)58-56-42-18-10-14-22-50(42)64(38-29-25-36(26-30-38)62(4,5)6)54(56)33-44-40-16-8-12-20-48(40)66(52)60(44)58/h7-34H,1-6H3. The molecule has 0 saturated heterocycles. The molecule has 6 aromatic heterocycles. The van der Waals surface area contributed by atoms with Crippen molar-refractivity contribution in [2.45, 2.75) is 52.4 Å². The highest BCUT2D eigenvalue weighted by atomic mass is 15.0. The average Bonchev–Trinajstić information content (AvgIpc) is 4.15. The SMILES string of the molecule is CC(C)(C)c1ccc(-n2c3ccccc3c3c4c5cc6c7c8c9ccccc9n(-c9ccc(C(C)(C)C)cc9)c8cc8c9ccccc9n(c6cc5n5c6ccccc6c(cc32)c45)c87)cc1. The van der Waals surface area contributed by atoms with Crippen LogP contribution in [0.2, 0.25) is 0 Å². The largest absolute Gasteiger partial charge is 0.309 e. The second kappa shape index (κ2) is 12.1. The maximum atomic E-state index is 2.58. The van der Waals surface area contributed by atoms with Gasteiger partial charge in [-0.1, -0.05) is 139 Å². The smallest absolute Gasteiger partial charge is 0.0628 e. The fourth-order valence-electron chi connectivity index (χ4n) is 12.3. The van der Waals surface area contributed by atoms with E-state index in [1.54, 1.807) is 0 Å². The first-order valence-corrected chi connectivity index (χ1v) is 23.4. The summed E-state index contributed by atoms with van der Waals surface area (Å²) in [6, 6.07) is 64.7. The van der Waals surface area contributed by atoms with Gasteiger partial charge in [0.25, 0.3) is 0 Å². The topological polar surface area (TPSA) is 18.7 Å². The Kier molecular flexibility index (Phi) is 6.69. The van der Waals surface area contributed by atoms with Crippen molar-refractivity contribution in [3.63, 3.8) is 0 Å². The van der Waals surface area contributed by atoms with Gasteiger partial charge < -0.3 is 17.9 Å². The lowest BCUT2D eigenvalue weighted by Crippen LogP contribution is -2.10. The Bertz CT molecular complexity index is 4260. The fraction of sp³-hybridized carbons (Fsp3) is 0.129. The molecule has 0 aliphatic carbocycles. The Morgan fingerprint density at radius 1 is 0.273 bits per heavy atom. The molecule has 0 aliphatic heterocycles. The van der Waals surface area contributed by atoms with Crippen LogP contribution >= 0.6 is 0 Å². The molecule has 0 aliphatic rings. The molecular weight excluding hydrogens is 801 g/mol. The molecule has 6 heterocycles. The van der Waals surface area contributed by atoms with Crippen LogP contribution in [0.4, 0.5) is 0 Å². The van der Waals surface area contributed by atoms with Crippen molar-refractivity contribution < 1.29 is 0 Å². The van der Waals surface area contributed by atoms with Crippen LogP contribution in [0.15, 0.2) is 170 Å². The van der Waals surface area contributed by atoms with E-state index in [0.29, 0.717) is 0 Å². The summed E-state index contributed by atoms with van der Waals surface area (Å²) in [5.74, 6) is 0. The summed E-state index contributed by atoms with van der Waals surface area (Å²) in [6.45, 7) is 13.7. The van der Waals surface area contributed by atoms with E-state index >= 15 is 0 Å². The molecule has 0 atom stereocenters.